The van der Waals surface area contributed by atoms with Crippen LogP contribution in [0.2, 0.25) is 0 Å². The van der Waals surface area contributed by atoms with Gasteiger partial charge < -0.3 is 68.2 Å². The summed E-state index contributed by atoms with van der Waals surface area (Å²) in [5.41, 5.74) is 9.25. The lowest BCUT2D eigenvalue weighted by Crippen LogP contribution is -2.29. The van der Waals surface area contributed by atoms with Crippen molar-refractivity contribution < 1.29 is 80.4 Å². The molecule has 3 unspecified atom stereocenters. The van der Waals surface area contributed by atoms with Gasteiger partial charge in [0.25, 0.3) is 0 Å². The maximum Gasteiger partial charge on any atom is 0.347 e. The number of hydrogen-bond donors (Lipinski definition) is 9. The van der Waals surface area contributed by atoms with Gasteiger partial charge in [-0.05, 0) is 271 Å². The smallest absolute Gasteiger partial charge is 0.347 e. The van der Waals surface area contributed by atoms with Crippen LogP contribution in [0.3, 0.4) is 0 Å². The maximum absolute atomic E-state index is 12.7. The van der Waals surface area contributed by atoms with E-state index in [2.05, 4.69) is 53.0 Å². The van der Waals surface area contributed by atoms with Gasteiger partial charge >= 0.3 is 40.5 Å². The molecule has 0 spiro atoms. The first kappa shape index (κ1) is 110. The van der Waals surface area contributed by atoms with E-state index < -0.39 is 34.6 Å². The second-order valence-corrected chi connectivity index (χ2v) is 36.3. The third kappa shape index (κ3) is 44.3. The van der Waals surface area contributed by atoms with Crippen molar-refractivity contribution in [2.75, 3.05) is 41.6 Å². The summed E-state index contributed by atoms with van der Waals surface area (Å²) in [5, 5.41) is 54.1. The second kappa shape index (κ2) is 64.6. The van der Waals surface area contributed by atoms with Crippen molar-refractivity contribution in [1.82, 2.24) is 5.32 Å². The number of amides is 2. The van der Waals surface area contributed by atoms with Gasteiger partial charge in [0.15, 0.2) is 6.10 Å². The van der Waals surface area contributed by atoms with Crippen molar-refractivity contribution in [2.45, 2.75) is 344 Å². The predicted octanol–water partition coefficient (Wildman–Crippen LogP) is 28.7. The molecule has 0 radical (unpaired) electrons. The number of esters is 2. The van der Waals surface area contributed by atoms with E-state index in [9.17, 15) is 48.3 Å². The van der Waals surface area contributed by atoms with E-state index in [1.807, 2.05) is 52.0 Å². The molecule has 0 saturated heterocycles. The molecular weight excluding hydrogens is 1690 g/mol. The van der Waals surface area contributed by atoms with Crippen molar-refractivity contribution >= 4 is 57.6 Å². The normalized spacial score (nSPS) is 12.9. The largest absolute Gasteiger partial charge is 0.508 e. The van der Waals surface area contributed by atoms with Crippen LogP contribution < -0.4 is 47.4 Å². The molecule has 2 aliphatic rings. The SMILES string of the molecule is CCCCCCCCCCCCC(Oc1ccc(O)c(C)c1)C(=O)OCC.CCCCCCCCCCCCOc1ccc(OS(=O)Nc2ccc(O)c(NS(=O)Oc3ccc(OCCCCCCCCCCCC)cc3)c2)cc1.CCc1ccc(O)c(NC(=O)NC)c1.Cc1ccc(OC(=O)c2cc(C)c(O)c(C)c2)c(C)c1.Oc1ccc(C2CCCC2)cc1C1CCCC1. The molecule has 0 bridgehead atoms. The van der Waals surface area contributed by atoms with Crippen molar-refractivity contribution in [2.24, 2.45) is 0 Å². The van der Waals surface area contributed by atoms with E-state index in [-0.39, 0.29) is 40.7 Å². The molecule has 0 aliphatic heterocycles. The summed E-state index contributed by atoms with van der Waals surface area (Å²) in [5.74, 6) is 4.95. The fourth-order valence-electron chi connectivity index (χ4n) is 15.9. The Morgan fingerprint density at radius 1 is 0.420 bits per heavy atom. The summed E-state index contributed by atoms with van der Waals surface area (Å²) in [6.07, 6.45) is 49.7. The number of aromatic hydroxyl groups is 5. The van der Waals surface area contributed by atoms with Gasteiger partial charge in [-0.1, -0.05) is 263 Å². The molecule has 23 heteroatoms. The van der Waals surface area contributed by atoms with Crippen LogP contribution in [0.5, 0.6) is 63.2 Å². The van der Waals surface area contributed by atoms with Crippen LogP contribution in [0.25, 0.3) is 0 Å². The third-order valence-corrected chi connectivity index (χ3v) is 25.1. The Bertz CT molecular complexity index is 4590. The highest BCUT2D eigenvalue weighted by Crippen LogP contribution is 2.43. The zero-order valence-electron chi connectivity index (χ0n) is 80.5. The lowest BCUT2D eigenvalue weighted by atomic mass is 9.90. The zero-order chi connectivity index (χ0) is 94.8. The number of rotatable bonds is 53. The molecule has 2 fully saturated rings. The Hall–Kier alpha value is -10.1. The topological polar surface area (TPSA) is 299 Å². The van der Waals surface area contributed by atoms with E-state index in [1.165, 1.54) is 248 Å². The number of carbonyl (C=O) groups is 3. The van der Waals surface area contributed by atoms with Crippen LogP contribution in [-0.2, 0) is 38.5 Å². The number of benzene rings is 8. The number of nitrogens with one attached hydrogen (secondary N) is 4. The second-order valence-electron chi connectivity index (χ2n) is 34.7. The Balaban J connectivity index is 0.000000280. The van der Waals surface area contributed by atoms with Crippen LogP contribution in [0.15, 0.2) is 152 Å². The van der Waals surface area contributed by atoms with Gasteiger partial charge in [-0.15, -0.1) is 0 Å². The highest BCUT2D eigenvalue weighted by atomic mass is 32.2. The van der Waals surface area contributed by atoms with Crippen LogP contribution in [-0.4, -0.2) is 84.9 Å². The molecule has 8 aromatic carbocycles. The van der Waals surface area contributed by atoms with Crippen LogP contribution in [0.1, 0.15) is 352 Å². The monoisotopic (exact) mass is 1850 g/mol. The molecule has 131 heavy (non-hydrogen) atoms. The average molecular weight is 1850 g/mol. The number of carbonyl (C=O) groups excluding carboxylic acids is 3. The summed E-state index contributed by atoms with van der Waals surface area (Å²) < 4.78 is 69.9. The maximum atomic E-state index is 12.7. The Kier molecular flexibility index (Phi) is 54.1. The quantitative estimate of drug-likeness (QED) is 0.00563. The minimum absolute atomic E-state index is 0.0748. The first-order valence-electron chi connectivity index (χ1n) is 48.8. The Morgan fingerprint density at radius 2 is 0.870 bits per heavy atom. The number of anilines is 3. The first-order chi connectivity index (χ1) is 63.4. The molecule has 2 saturated carbocycles. The van der Waals surface area contributed by atoms with Crippen molar-refractivity contribution in [3.8, 4) is 63.2 Å². The Morgan fingerprint density at radius 3 is 1.36 bits per heavy atom. The minimum Gasteiger partial charge on any atom is -0.508 e. The highest BCUT2D eigenvalue weighted by Gasteiger charge is 2.25. The summed E-state index contributed by atoms with van der Waals surface area (Å²) in [7, 11) is 1.52. The Labute approximate surface area is 789 Å². The molecule has 2 aliphatic carbocycles. The number of unbranched alkanes of at least 4 members (excludes halogenated alkanes) is 27. The van der Waals surface area contributed by atoms with E-state index in [0.717, 1.165) is 78.2 Å². The molecular formula is C108H156N4O17S2. The van der Waals surface area contributed by atoms with Gasteiger partial charge in [0.2, 0.25) is 0 Å². The number of phenols is 5. The van der Waals surface area contributed by atoms with Crippen molar-refractivity contribution in [3.63, 3.8) is 0 Å². The minimum atomic E-state index is -2.01. The fourth-order valence-corrected chi connectivity index (χ4v) is 17.2. The molecule has 0 aromatic heterocycles. The molecule has 21 nitrogen and oxygen atoms in total. The number of ether oxygens (including phenoxy) is 5. The van der Waals surface area contributed by atoms with Gasteiger partial charge in [-0.2, -0.15) is 8.42 Å². The standard InChI is InChI=1S/C42H64N2O7S2.C23H38O4.C17H18O3.C16H22O.C10H14N2O2/c1-3-5-7-9-11-13-15-17-19-21-33-48-37-24-28-39(29-25-37)50-52(46)43-36-23-32-42(45)41(35-36)44-53(47)51-40-30-26-38(27-31-40)49-34-22-20-18-16-14-12-10-8-6-4-2;1-4-6-7-8-9-10-11-12-13-14-15-22(23(25)26-5-2)27-20-16-17-21(24)19(3)18-20;1-10-5-6-15(11(2)7-10)20-17(19)14-8-12(3)16(18)13(4)9-14;17-16-10-9-14(12-5-1-2-6-12)11-15(16)13-7-3-4-8-13;1-3-7-4-5-9(13)8(6-7)12-10(14)11-2/h23-32,35,43-45H,3-22,33-34H2,1-2H3;16-18,22,24H,4-15H2,1-3H3;5-9,18H,1-4H3;9-13,17H,1-8H2;4-6,13H,3H2,1-2H3,(H2,11,12,14). The summed E-state index contributed by atoms with van der Waals surface area (Å²) >= 11 is -3.94. The number of aryl methyl sites for hydroxylation is 6. The summed E-state index contributed by atoms with van der Waals surface area (Å²) in [6, 6.07) is 43.5. The van der Waals surface area contributed by atoms with Crippen LogP contribution >= 0.6 is 0 Å². The number of phenolic OH excluding ortho intramolecular Hbond substituents is 5. The van der Waals surface area contributed by atoms with E-state index >= 15 is 0 Å². The lowest BCUT2D eigenvalue weighted by Gasteiger charge is -2.18. The van der Waals surface area contributed by atoms with Crippen LogP contribution in [0, 0.1) is 34.6 Å². The molecule has 2 amide bonds. The molecule has 0 heterocycles. The molecule has 3 atom stereocenters. The van der Waals surface area contributed by atoms with Gasteiger partial charge in [0.05, 0.1) is 42.4 Å². The first-order valence-corrected chi connectivity index (χ1v) is 51.0. The molecule has 9 N–H and O–H groups in total. The summed E-state index contributed by atoms with van der Waals surface area (Å²) in [6.45, 7) is 21.5. The van der Waals surface area contributed by atoms with Gasteiger partial charge in [0, 0.05) is 7.05 Å². The third-order valence-electron chi connectivity index (χ3n) is 23.6. The number of urea groups is 1. The van der Waals surface area contributed by atoms with Crippen molar-refractivity contribution in [3.05, 3.63) is 202 Å². The lowest BCUT2D eigenvalue weighted by molar-refractivity contribution is -0.151. The van der Waals surface area contributed by atoms with E-state index in [4.69, 9.17) is 32.1 Å². The summed E-state index contributed by atoms with van der Waals surface area (Å²) in [4.78, 5) is 35.4. The average Bonchev–Trinajstić information content (AvgIpc) is 1.80. The fraction of sp³-hybridized carbons (Fsp3) is 0.528. The predicted molar refractivity (Wildman–Crippen MR) is 535 cm³/mol. The van der Waals surface area contributed by atoms with Gasteiger partial charge in [-0.25, -0.2) is 14.4 Å². The molecule has 8 aromatic rings. The van der Waals surface area contributed by atoms with Crippen LogP contribution in [0.4, 0.5) is 21.9 Å². The number of hydrogen-bond acceptors (Lipinski definition) is 17. The molecule has 10 rings (SSSR count). The zero-order valence-corrected chi connectivity index (χ0v) is 82.2. The van der Waals surface area contributed by atoms with Crippen molar-refractivity contribution in [1.29, 1.82) is 0 Å². The highest BCUT2D eigenvalue weighted by molar-refractivity contribution is 7.82. The molecule has 722 valence electrons. The van der Waals surface area contributed by atoms with E-state index in [1.54, 1.807) is 118 Å². The van der Waals surface area contributed by atoms with Gasteiger partial charge in [0.1, 0.15) is 63.2 Å². The van der Waals surface area contributed by atoms with E-state index in [0.29, 0.717) is 89.0 Å². The van der Waals surface area contributed by atoms with Gasteiger partial charge in [-0.3, -0.25) is 9.44 Å².